The maximum Gasteiger partial charge on any atom is 0.146 e. The first kappa shape index (κ1) is 18.8. The molecule has 30 heavy (non-hydrogen) atoms. The molecule has 0 saturated carbocycles. The fourth-order valence-electron chi connectivity index (χ4n) is 4.61. The lowest BCUT2D eigenvalue weighted by Crippen LogP contribution is -2.30. The van der Waals surface area contributed by atoms with E-state index in [1.54, 1.807) is 6.07 Å². The van der Waals surface area contributed by atoms with Crippen LogP contribution in [0, 0.1) is 0 Å². The van der Waals surface area contributed by atoms with Crippen molar-refractivity contribution >= 4 is 16.6 Å². The summed E-state index contributed by atoms with van der Waals surface area (Å²) < 4.78 is 0. The van der Waals surface area contributed by atoms with Gasteiger partial charge in [-0.15, -0.1) is 10.2 Å². The maximum atomic E-state index is 5.68. The van der Waals surface area contributed by atoms with E-state index in [2.05, 4.69) is 82.8 Å². The molecule has 4 heteroatoms. The number of fused-ring (bicyclic) bond motifs is 2. The van der Waals surface area contributed by atoms with E-state index in [9.17, 15) is 0 Å². The largest absolute Gasteiger partial charge is 0.382 e. The van der Waals surface area contributed by atoms with Crippen LogP contribution in [0.5, 0.6) is 0 Å². The Hall–Kier alpha value is -3.24. The highest BCUT2D eigenvalue weighted by molar-refractivity contribution is 5.83. The summed E-state index contributed by atoms with van der Waals surface area (Å²) in [6.07, 6.45) is 2.24. The van der Waals surface area contributed by atoms with Gasteiger partial charge in [0.25, 0.3) is 0 Å². The Morgan fingerprint density at radius 3 is 2.63 bits per heavy atom. The van der Waals surface area contributed by atoms with E-state index in [-0.39, 0.29) is 0 Å². The van der Waals surface area contributed by atoms with Crippen molar-refractivity contribution < 1.29 is 0 Å². The molecule has 4 nitrogen and oxygen atoms in total. The number of aromatic nitrogens is 2. The molecule has 3 aromatic carbocycles. The summed E-state index contributed by atoms with van der Waals surface area (Å²) in [4.78, 5) is 2.42. The van der Waals surface area contributed by atoms with E-state index in [1.807, 2.05) is 6.07 Å². The molecule has 1 aliphatic rings. The first-order valence-corrected chi connectivity index (χ1v) is 10.5. The van der Waals surface area contributed by atoms with Crippen LogP contribution in [0.2, 0.25) is 0 Å². The highest BCUT2D eigenvalue weighted by atomic mass is 15.1. The highest BCUT2D eigenvalue weighted by Crippen LogP contribution is 2.34. The number of hydrogen-bond donors (Lipinski definition) is 1. The van der Waals surface area contributed by atoms with Gasteiger partial charge in [0.2, 0.25) is 0 Å². The Balaban J connectivity index is 1.38. The molecule has 2 heterocycles. The molecule has 4 aromatic rings. The van der Waals surface area contributed by atoms with Crippen LogP contribution in [0.25, 0.3) is 22.0 Å². The third-order valence-electron chi connectivity index (χ3n) is 6.13. The lowest BCUT2D eigenvalue weighted by Gasteiger charge is -2.32. The van der Waals surface area contributed by atoms with Crippen molar-refractivity contribution in [3.05, 3.63) is 89.5 Å². The van der Waals surface area contributed by atoms with Crippen molar-refractivity contribution in [2.45, 2.75) is 25.3 Å². The van der Waals surface area contributed by atoms with Crippen molar-refractivity contribution in [3.63, 3.8) is 0 Å². The minimum atomic E-state index is 0.449. The van der Waals surface area contributed by atoms with Crippen LogP contribution in [0.3, 0.4) is 0 Å². The number of rotatable bonds is 4. The van der Waals surface area contributed by atoms with Crippen molar-refractivity contribution in [3.8, 4) is 11.3 Å². The molecule has 0 fully saturated rings. The number of nitrogens with zero attached hydrogens (tertiary/aromatic N) is 3. The Kier molecular flexibility index (Phi) is 4.93. The van der Waals surface area contributed by atoms with Gasteiger partial charge in [-0.3, -0.25) is 0 Å². The highest BCUT2D eigenvalue weighted by Gasteiger charge is 2.23. The van der Waals surface area contributed by atoms with E-state index in [1.165, 1.54) is 27.5 Å². The van der Waals surface area contributed by atoms with Crippen LogP contribution in [0.4, 0.5) is 5.82 Å². The molecular formula is C26H26N4. The number of likely N-dealkylation sites (N-methyl/N-ethyl adjacent to an activating group) is 1. The normalized spacial score (nSPS) is 16.5. The maximum absolute atomic E-state index is 5.68. The zero-order valence-electron chi connectivity index (χ0n) is 17.3. The molecular weight excluding hydrogens is 368 g/mol. The topological polar surface area (TPSA) is 55.0 Å². The molecule has 0 bridgehead atoms. The van der Waals surface area contributed by atoms with Crippen LogP contribution in [0.15, 0.2) is 72.8 Å². The number of nitrogen functional groups attached to an aromatic ring is 1. The van der Waals surface area contributed by atoms with E-state index in [0.29, 0.717) is 11.7 Å². The lowest BCUT2D eigenvalue weighted by atomic mass is 9.84. The van der Waals surface area contributed by atoms with Crippen molar-refractivity contribution in [1.29, 1.82) is 0 Å². The van der Waals surface area contributed by atoms with Crippen LogP contribution in [-0.2, 0) is 13.0 Å². The molecule has 0 aliphatic carbocycles. The molecule has 0 amide bonds. The fraction of sp³-hybridized carbons (Fsp3) is 0.231. The quantitative estimate of drug-likeness (QED) is 0.527. The molecule has 1 aromatic heterocycles. The molecule has 1 aliphatic heterocycles. The van der Waals surface area contributed by atoms with Gasteiger partial charge in [-0.1, -0.05) is 54.6 Å². The second-order valence-corrected chi connectivity index (χ2v) is 8.37. The van der Waals surface area contributed by atoms with Crippen molar-refractivity contribution in [2.75, 3.05) is 19.3 Å². The SMILES string of the molecule is CN1Cc2cc(-c3ccc(N)nn3)ccc2C(CCc2ccc3ccccc3c2)C1. The first-order valence-electron chi connectivity index (χ1n) is 10.5. The molecule has 0 spiro atoms. The molecule has 5 rings (SSSR count). The summed E-state index contributed by atoms with van der Waals surface area (Å²) in [6.45, 7) is 2.07. The average Bonchev–Trinajstić information content (AvgIpc) is 2.77. The average molecular weight is 395 g/mol. The summed E-state index contributed by atoms with van der Waals surface area (Å²) in [5.41, 5.74) is 11.9. The van der Waals surface area contributed by atoms with Gasteiger partial charge < -0.3 is 10.6 Å². The summed E-state index contributed by atoms with van der Waals surface area (Å²) in [6, 6.07) is 25.9. The zero-order chi connectivity index (χ0) is 20.5. The Morgan fingerprint density at radius 2 is 1.80 bits per heavy atom. The fourth-order valence-corrected chi connectivity index (χ4v) is 4.61. The number of hydrogen-bond acceptors (Lipinski definition) is 4. The second kappa shape index (κ2) is 7.88. The van der Waals surface area contributed by atoms with Gasteiger partial charge in [-0.2, -0.15) is 0 Å². The van der Waals surface area contributed by atoms with E-state index in [0.717, 1.165) is 37.2 Å². The lowest BCUT2D eigenvalue weighted by molar-refractivity contribution is 0.275. The molecule has 1 unspecified atom stereocenters. The van der Waals surface area contributed by atoms with Gasteiger partial charge in [0.1, 0.15) is 5.82 Å². The van der Waals surface area contributed by atoms with Gasteiger partial charge in [0.05, 0.1) is 5.69 Å². The number of anilines is 1. The van der Waals surface area contributed by atoms with Crippen LogP contribution < -0.4 is 5.73 Å². The third kappa shape index (κ3) is 3.79. The summed E-state index contributed by atoms with van der Waals surface area (Å²) in [7, 11) is 2.21. The van der Waals surface area contributed by atoms with Crippen LogP contribution in [-0.4, -0.2) is 28.7 Å². The summed E-state index contributed by atoms with van der Waals surface area (Å²) in [5.74, 6) is 0.988. The Bertz CT molecular complexity index is 1180. The molecule has 2 N–H and O–H groups in total. The Morgan fingerprint density at radius 1 is 0.933 bits per heavy atom. The summed E-state index contributed by atoms with van der Waals surface area (Å²) >= 11 is 0. The molecule has 0 radical (unpaired) electrons. The van der Waals surface area contributed by atoms with Gasteiger partial charge in [-0.25, -0.2) is 0 Å². The second-order valence-electron chi connectivity index (χ2n) is 8.37. The van der Waals surface area contributed by atoms with Crippen molar-refractivity contribution in [2.24, 2.45) is 0 Å². The number of benzene rings is 3. The van der Waals surface area contributed by atoms with E-state index >= 15 is 0 Å². The van der Waals surface area contributed by atoms with Gasteiger partial charge in [0, 0.05) is 18.7 Å². The predicted molar refractivity (Wildman–Crippen MR) is 123 cm³/mol. The van der Waals surface area contributed by atoms with Crippen LogP contribution >= 0.6 is 0 Å². The molecule has 150 valence electrons. The minimum absolute atomic E-state index is 0.449. The standard InChI is InChI=1S/C26H26N4/c1-30-16-22(9-7-18-6-8-19-4-2-3-5-20(19)14-18)24-11-10-21(15-23(24)17-30)25-12-13-26(27)29-28-25/h2-6,8,10-15,22H,7,9,16-17H2,1H3,(H2,27,29). The molecule has 0 saturated heterocycles. The van der Waals surface area contributed by atoms with Gasteiger partial charge in [0.15, 0.2) is 0 Å². The first-order chi connectivity index (χ1) is 14.7. The molecule has 1 atom stereocenters. The monoisotopic (exact) mass is 394 g/mol. The number of nitrogens with two attached hydrogens (primary N) is 1. The van der Waals surface area contributed by atoms with Crippen LogP contribution in [0.1, 0.15) is 29.0 Å². The predicted octanol–water partition coefficient (Wildman–Crippen LogP) is 5.04. The Labute approximate surface area is 177 Å². The summed E-state index contributed by atoms with van der Waals surface area (Å²) in [5, 5.41) is 10.9. The van der Waals surface area contributed by atoms with E-state index < -0.39 is 0 Å². The third-order valence-corrected chi connectivity index (χ3v) is 6.13. The van der Waals surface area contributed by atoms with Crippen molar-refractivity contribution in [1.82, 2.24) is 15.1 Å². The smallest absolute Gasteiger partial charge is 0.146 e. The van der Waals surface area contributed by atoms with Gasteiger partial charge in [-0.05, 0) is 71.5 Å². The number of aryl methyl sites for hydroxylation is 1. The minimum Gasteiger partial charge on any atom is -0.382 e. The van der Waals surface area contributed by atoms with Gasteiger partial charge >= 0.3 is 0 Å². The van der Waals surface area contributed by atoms with E-state index in [4.69, 9.17) is 5.73 Å². The zero-order valence-corrected chi connectivity index (χ0v) is 17.3.